The predicted molar refractivity (Wildman–Crippen MR) is 98.9 cm³/mol. The maximum Gasteiger partial charge on any atom is 0.176 e. The lowest BCUT2D eigenvalue weighted by Gasteiger charge is -2.37. The number of halogens is 1. The van der Waals surface area contributed by atoms with Crippen molar-refractivity contribution in [3.05, 3.63) is 42.0 Å². The Morgan fingerprint density at radius 3 is 2.80 bits per heavy atom. The van der Waals surface area contributed by atoms with Crippen molar-refractivity contribution in [2.45, 2.75) is 23.5 Å². The van der Waals surface area contributed by atoms with Crippen LogP contribution in [0.5, 0.6) is 0 Å². The molecule has 0 saturated carbocycles. The Kier molecular flexibility index (Phi) is 4.58. The first-order valence-electron chi connectivity index (χ1n) is 7.95. The molecular weight excluding hydrogens is 359 g/mol. The Balaban J connectivity index is 1.68. The summed E-state index contributed by atoms with van der Waals surface area (Å²) in [7, 11) is 0. The monoisotopic (exact) mass is 376 g/mol. The minimum atomic E-state index is -0.240. The number of rotatable bonds is 3. The van der Waals surface area contributed by atoms with E-state index in [0.717, 1.165) is 32.6 Å². The maximum absolute atomic E-state index is 13.2. The number of hydrogen-bond donors (Lipinski definition) is 0. The van der Waals surface area contributed by atoms with Crippen LogP contribution in [0.3, 0.4) is 0 Å². The molecule has 0 amide bonds. The van der Waals surface area contributed by atoms with Crippen molar-refractivity contribution in [3.63, 3.8) is 0 Å². The van der Waals surface area contributed by atoms with Gasteiger partial charge < -0.3 is 9.64 Å². The van der Waals surface area contributed by atoms with Crippen molar-refractivity contribution in [2.75, 3.05) is 24.2 Å². The highest BCUT2D eigenvalue weighted by Gasteiger charge is 2.29. The minimum absolute atomic E-state index is 0.0433. The molecule has 0 radical (unpaired) electrons. The van der Waals surface area contributed by atoms with Crippen molar-refractivity contribution >= 4 is 39.3 Å². The molecule has 1 aromatic carbocycles. The SMILES string of the molecule is CSc1nc2ncnc(N3CC(C)OC(c4ccc(F)cc4)C3)c2s1. The van der Waals surface area contributed by atoms with E-state index in [9.17, 15) is 4.39 Å². The molecule has 3 heterocycles. The number of thioether (sulfide) groups is 1. The Morgan fingerprint density at radius 2 is 2.04 bits per heavy atom. The van der Waals surface area contributed by atoms with E-state index in [1.165, 1.54) is 12.1 Å². The molecule has 2 unspecified atom stereocenters. The lowest BCUT2D eigenvalue weighted by atomic mass is 10.1. The summed E-state index contributed by atoms with van der Waals surface area (Å²) < 4.78 is 21.3. The molecule has 1 aliphatic rings. The van der Waals surface area contributed by atoms with E-state index in [1.54, 1.807) is 41.6 Å². The second-order valence-electron chi connectivity index (χ2n) is 5.93. The fourth-order valence-corrected chi connectivity index (χ4v) is 4.55. The van der Waals surface area contributed by atoms with Crippen LogP contribution < -0.4 is 4.90 Å². The van der Waals surface area contributed by atoms with Gasteiger partial charge in [-0.25, -0.2) is 19.3 Å². The standard InChI is InChI=1S/C17H17FN4OS2/c1-10-7-22(8-13(23-10)11-3-5-12(18)6-4-11)16-14-15(19-9-20-16)21-17(24-2)25-14/h3-6,9-10,13H,7-8H2,1-2H3. The second kappa shape index (κ2) is 6.86. The van der Waals surface area contributed by atoms with E-state index in [2.05, 4.69) is 19.9 Å². The predicted octanol–water partition coefficient (Wildman–Crippen LogP) is 3.91. The van der Waals surface area contributed by atoms with Gasteiger partial charge in [0.25, 0.3) is 0 Å². The summed E-state index contributed by atoms with van der Waals surface area (Å²) in [6, 6.07) is 6.51. The highest BCUT2D eigenvalue weighted by atomic mass is 32.2. The summed E-state index contributed by atoms with van der Waals surface area (Å²) in [5.74, 6) is 0.654. The molecule has 3 aromatic rings. The molecule has 4 rings (SSSR count). The molecule has 0 aliphatic carbocycles. The number of aromatic nitrogens is 3. The first kappa shape index (κ1) is 16.7. The van der Waals surface area contributed by atoms with Gasteiger partial charge in [-0.1, -0.05) is 23.9 Å². The molecule has 2 atom stereocenters. The summed E-state index contributed by atoms with van der Waals surface area (Å²) in [5.41, 5.74) is 1.70. The van der Waals surface area contributed by atoms with Crippen molar-refractivity contribution in [2.24, 2.45) is 0 Å². The van der Waals surface area contributed by atoms with Crippen LogP contribution in [0.15, 0.2) is 34.9 Å². The van der Waals surface area contributed by atoms with E-state index in [0.29, 0.717) is 6.54 Å². The third-order valence-electron chi connectivity index (χ3n) is 4.13. The quantitative estimate of drug-likeness (QED) is 0.646. The normalized spacial score (nSPS) is 21.0. The molecule has 1 saturated heterocycles. The number of hydrogen-bond acceptors (Lipinski definition) is 7. The van der Waals surface area contributed by atoms with E-state index >= 15 is 0 Å². The van der Waals surface area contributed by atoms with Gasteiger partial charge in [0, 0.05) is 13.1 Å². The Hall–Kier alpha value is -1.77. The average Bonchev–Trinajstić information content (AvgIpc) is 3.05. The van der Waals surface area contributed by atoms with Crippen LogP contribution in [-0.4, -0.2) is 40.4 Å². The number of morpholine rings is 1. The minimum Gasteiger partial charge on any atom is -0.367 e. The van der Waals surface area contributed by atoms with Gasteiger partial charge >= 0.3 is 0 Å². The van der Waals surface area contributed by atoms with Gasteiger partial charge in [0.15, 0.2) is 15.8 Å². The summed E-state index contributed by atoms with van der Waals surface area (Å²) in [5, 5.41) is 0. The van der Waals surface area contributed by atoms with Gasteiger partial charge in [-0.2, -0.15) is 0 Å². The van der Waals surface area contributed by atoms with Crippen LogP contribution in [0.1, 0.15) is 18.6 Å². The van der Waals surface area contributed by atoms with E-state index in [1.807, 2.05) is 13.2 Å². The van der Waals surface area contributed by atoms with Crippen LogP contribution in [0.25, 0.3) is 10.3 Å². The number of ether oxygens (including phenoxy) is 1. The first-order chi connectivity index (χ1) is 12.1. The van der Waals surface area contributed by atoms with E-state index in [4.69, 9.17) is 4.74 Å². The average molecular weight is 376 g/mol. The van der Waals surface area contributed by atoms with Crippen LogP contribution in [0.2, 0.25) is 0 Å². The molecule has 2 aromatic heterocycles. The molecule has 130 valence electrons. The van der Waals surface area contributed by atoms with Crippen molar-refractivity contribution < 1.29 is 9.13 Å². The highest BCUT2D eigenvalue weighted by Crippen LogP contribution is 2.35. The molecule has 8 heteroatoms. The summed E-state index contributed by atoms with van der Waals surface area (Å²) in [6.07, 6.45) is 3.49. The Labute approximate surface area is 153 Å². The summed E-state index contributed by atoms with van der Waals surface area (Å²) in [6.45, 7) is 3.45. The largest absolute Gasteiger partial charge is 0.367 e. The fraction of sp³-hybridized carbons (Fsp3) is 0.353. The van der Waals surface area contributed by atoms with Crippen molar-refractivity contribution in [3.8, 4) is 0 Å². The third kappa shape index (κ3) is 3.33. The van der Waals surface area contributed by atoms with Crippen molar-refractivity contribution in [1.29, 1.82) is 0 Å². The zero-order valence-corrected chi connectivity index (χ0v) is 15.5. The molecule has 0 bridgehead atoms. The number of fused-ring (bicyclic) bond motifs is 1. The first-order valence-corrected chi connectivity index (χ1v) is 9.99. The summed E-state index contributed by atoms with van der Waals surface area (Å²) in [4.78, 5) is 15.5. The van der Waals surface area contributed by atoms with Crippen LogP contribution in [0.4, 0.5) is 10.2 Å². The number of nitrogens with zero attached hydrogens (tertiary/aromatic N) is 4. The lowest BCUT2D eigenvalue weighted by Crippen LogP contribution is -2.43. The van der Waals surface area contributed by atoms with E-state index < -0.39 is 0 Å². The topological polar surface area (TPSA) is 51.1 Å². The van der Waals surface area contributed by atoms with Gasteiger partial charge in [-0.15, -0.1) is 11.3 Å². The van der Waals surface area contributed by atoms with Crippen LogP contribution in [-0.2, 0) is 4.74 Å². The van der Waals surface area contributed by atoms with Gasteiger partial charge in [0.05, 0.1) is 6.10 Å². The van der Waals surface area contributed by atoms with Gasteiger partial charge in [0.2, 0.25) is 0 Å². The molecule has 25 heavy (non-hydrogen) atoms. The zero-order valence-electron chi connectivity index (χ0n) is 13.8. The third-order valence-corrected chi connectivity index (χ3v) is 6.15. The van der Waals surface area contributed by atoms with Gasteiger partial charge in [-0.05, 0) is 30.9 Å². The highest BCUT2D eigenvalue weighted by molar-refractivity contribution is 8.00. The molecule has 5 nitrogen and oxygen atoms in total. The number of thiazole rings is 1. The summed E-state index contributed by atoms with van der Waals surface area (Å²) >= 11 is 3.22. The molecule has 1 aliphatic heterocycles. The molecule has 1 fully saturated rings. The van der Waals surface area contributed by atoms with Crippen LogP contribution >= 0.6 is 23.1 Å². The molecular formula is C17H17FN4OS2. The smallest absolute Gasteiger partial charge is 0.176 e. The van der Waals surface area contributed by atoms with Crippen molar-refractivity contribution in [1.82, 2.24) is 15.0 Å². The lowest BCUT2D eigenvalue weighted by molar-refractivity contribution is -0.0175. The molecule has 0 N–H and O–H groups in total. The fourth-order valence-electron chi connectivity index (χ4n) is 3.02. The number of anilines is 1. The maximum atomic E-state index is 13.2. The Bertz CT molecular complexity index is 886. The van der Waals surface area contributed by atoms with Crippen LogP contribution in [0, 0.1) is 5.82 Å². The van der Waals surface area contributed by atoms with E-state index in [-0.39, 0.29) is 18.0 Å². The number of benzene rings is 1. The zero-order chi connectivity index (χ0) is 17.4. The second-order valence-corrected chi connectivity index (χ2v) is 7.98. The van der Waals surface area contributed by atoms with Gasteiger partial charge in [0.1, 0.15) is 22.9 Å². The van der Waals surface area contributed by atoms with Gasteiger partial charge in [-0.3, -0.25) is 0 Å². The molecule has 0 spiro atoms. The Morgan fingerprint density at radius 1 is 1.24 bits per heavy atom.